The van der Waals surface area contributed by atoms with Crippen LogP contribution in [0.3, 0.4) is 0 Å². The van der Waals surface area contributed by atoms with Crippen molar-refractivity contribution in [3.8, 4) is 11.3 Å². The molecule has 106 valence electrons. The first-order chi connectivity index (χ1) is 10.1. The van der Waals surface area contributed by atoms with Crippen LogP contribution in [0.5, 0.6) is 0 Å². The minimum absolute atomic E-state index is 0.679. The van der Waals surface area contributed by atoms with Gasteiger partial charge in [-0.1, -0.05) is 23.7 Å². The molecule has 0 aliphatic heterocycles. The number of carboxylic acid groups (broad SMARTS) is 1. The van der Waals surface area contributed by atoms with E-state index in [1.807, 2.05) is 41.0 Å². The molecule has 0 spiro atoms. The summed E-state index contributed by atoms with van der Waals surface area (Å²) in [5.41, 5.74) is 3.55. The summed E-state index contributed by atoms with van der Waals surface area (Å²) in [5.74, 6) is -0.979. The summed E-state index contributed by atoms with van der Waals surface area (Å²) in [6, 6.07) is 7.53. The first kappa shape index (κ1) is 13.9. The summed E-state index contributed by atoms with van der Waals surface area (Å²) in [4.78, 5) is 16.0. The van der Waals surface area contributed by atoms with Crippen LogP contribution < -0.4 is 0 Å². The normalized spacial score (nSPS) is 11.5. The Morgan fingerprint density at radius 3 is 2.76 bits per heavy atom. The predicted octanol–water partition coefficient (Wildman–Crippen LogP) is 4.12. The number of aryl methyl sites for hydroxylation is 1. The first-order valence-electron chi connectivity index (χ1n) is 6.20. The molecule has 21 heavy (non-hydrogen) atoms. The topological polar surface area (TPSA) is 54.6 Å². The van der Waals surface area contributed by atoms with Crippen LogP contribution in [0, 0.1) is 6.92 Å². The summed E-state index contributed by atoms with van der Waals surface area (Å²) in [6.45, 7) is 1.87. The van der Waals surface area contributed by atoms with Gasteiger partial charge in [-0.25, -0.2) is 9.78 Å². The number of hydrogen-bond acceptors (Lipinski definition) is 3. The first-order valence-corrected chi connectivity index (χ1v) is 7.45. The molecule has 4 nitrogen and oxygen atoms in total. The van der Waals surface area contributed by atoms with Gasteiger partial charge in [0.25, 0.3) is 0 Å². The molecule has 2 heterocycles. The fraction of sp³-hybridized carbons (Fsp3) is 0.0667. The van der Waals surface area contributed by atoms with Crippen molar-refractivity contribution in [2.24, 2.45) is 0 Å². The van der Waals surface area contributed by atoms with Gasteiger partial charge in [-0.2, -0.15) is 0 Å². The van der Waals surface area contributed by atoms with Crippen LogP contribution in [-0.2, 0) is 4.79 Å². The summed E-state index contributed by atoms with van der Waals surface area (Å²) >= 11 is 7.44. The summed E-state index contributed by atoms with van der Waals surface area (Å²) in [6.07, 6.45) is 2.70. The maximum Gasteiger partial charge on any atom is 0.328 e. The monoisotopic (exact) mass is 318 g/mol. The van der Waals surface area contributed by atoms with E-state index in [2.05, 4.69) is 4.98 Å². The molecule has 6 heteroatoms. The smallest absolute Gasteiger partial charge is 0.328 e. The second-order valence-corrected chi connectivity index (χ2v) is 5.77. The molecule has 0 radical (unpaired) electrons. The van der Waals surface area contributed by atoms with Gasteiger partial charge >= 0.3 is 5.97 Å². The maximum absolute atomic E-state index is 10.7. The third-order valence-electron chi connectivity index (χ3n) is 3.11. The van der Waals surface area contributed by atoms with E-state index in [0.717, 1.165) is 33.7 Å². The Labute approximate surface area is 129 Å². The zero-order valence-corrected chi connectivity index (χ0v) is 12.6. The molecule has 0 amide bonds. The van der Waals surface area contributed by atoms with Gasteiger partial charge in [0.1, 0.15) is 0 Å². The average Bonchev–Trinajstić information content (AvgIpc) is 2.96. The number of carbonyl (C=O) groups is 1. The van der Waals surface area contributed by atoms with Gasteiger partial charge in [-0.15, -0.1) is 11.3 Å². The Bertz CT molecular complexity index is 847. The second-order valence-electron chi connectivity index (χ2n) is 4.50. The van der Waals surface area contributed by atoms with Crippen molar-refractivity contribution >= 4 is 39.9 Å². The van der Waals surface area contributed by atoms with Crippen molar-refractivity contribution in [3.05, 3.63) is 52.1 Å². The number of thiazole rings is 1. The lowest BCUT2D eigenvalue weighted by Gasteiger charge is -2.02. The number of hydrogen-bond donors (Lipinski definition) is 1. The zero-order chi connectivity index (χ0) is 15.0. The van der Waals surface area contributed by atoms with Crippen molar-refractivity contribution in [2.45, 2.75) is 6.92 Å². The molecular formula is C15H11ClN2O2S. The highest BCUT2D eigenvalue weighted by molar-refractivity contribution is 7.15. The zero-order valence-electron chi connectivity index (χ0n) is 11.1. The Morgan fingerprint density at radius 2 is 2.10 bits per heavy atom. The van der Waals surface area contributed by atoms with Crippen LogP contribution in [0.1, 0.15) is 11.4 Å². The quantitative estimate of drug-likeness (QED) is 0.739. The summed E-state index contributed by atoms with van der Waals surface area (Å²) in [7, 11) is 0. The fourth-order valence-corrected chi connectivity index (χ4v) is 3.23. The van der Waals surface area contributed by atoms with Crippen LogP contribution in [-0.4, -0.2) is 20.5 Å². The van der Waals surface area contributed by atoms with E-state index >= 15 is 0 Å². The minimum Gasteiger partial charge on any atom is -0.478 e. The highest BCUT2D eigenvalue weighted by Crippen LogP contribution is 2.30. The van der Waals surface area contributed by atoms with E-state index in [1.165, 1.54) is 11.3 Å². The lowest BCUT2D eigenvalue weighted by molar-refractivity contribution is -0.131. The van der Waals surface area contributed by atoms with Gasteiger partial charge in [0.2, 0.25) is 0 Å². The highest BCUT2D eigenvalue weighted by Gasteiger charge is 2.13. The number of nitrogens with zero attached hydrogens (tertiary/aromatic N) is 2. The van der Waals surface area contributed by atoms with Crippen molar-refractivity contribution in [3.63, 3.8) is 0 Å². The molecule has 0 saturated heterocycles. The highest BCUT2D eigenvalue weighted by atomic mass is 35.5. The number of fused-ring (bicyclic) bond motifs is 1. The summed E-state index contributed by atoms with van der Waals surface area (Å²) < 4.78 is 1.96. The van der Waals surface area contributed by atoms with E-state index in [1.54, 1.807) is 6.08 Å². The van der Waals surface area contributed by atoms with Crippen molar-refractivity contribution < 1.29 is 9.90 Å². The van der Waals surface area contributed by atoms with Gasteiger partial charge < -0.3 is 5.11 Å². The van der Waals surface area contributed by atoms with Crippen molar-refractivity contribution in [1.82, 2.24) is 9.38 Å². The van der Waals surface area contributed by atoms with Crippen LogP contribution >= 0.6 is 22.9 Å². The Balaban J connectivity index is 2.20. The van der Waals surface area contributed by atoms with Gasteiger partial charge in [-0.3, -0.25) is 4.40 Å². The van der Waals surface area contributed by atoms with Crippen molar-refractivity contribution in [1.29, 1.82) is 0 Å². The predicted molar refractivity (Wildman–Crippen MR) is 84.9 cm³/mol. The molecule has 0 aliphatic rings. The molecule has 0 aliphatic carbocycles. The largest absolute Gasteiger partial charge is 0.478 e. The van der Waals surface area contributed by atoms with Gasteiger partial charge in [0, 0.05) is 16.5 Å². The Morgan fingerprint density at radius 1 is 1.38 bits per heavy atom. The van der Waals surface area contributed by atoms with Crippen LogP contribution in [0.2, 0.25) is 5.02 Å². The third kappa shape index (κ3) is 2.57. The molecule has 2 aromatic heterocycles. The number of halogens is 1. The van der Waals surface area contributed by atoms with Gasteiger partial charge in [0.15, 0.2) is 4.96 Å². The average molecular weight is 319 g/mol. The van der Waals surface area contributed by atoms with E-state index in [9.17, 15) is 4.79 Å². The fourth-order valence-electron chi connectivity index (χ4n) is 2.15. The molecule has 0 unspecified atom stereocenters. The minimum atomic E-state index is -0.979. The maximum atomic E-state index is 10.7. The lowest BCUT2D eigenvalue weighted by atomic mass is 10.2. The Kier molecular flexibility index (Phi) is 3.53. The van der Waals surface area contributed by atoms with Crippen molar-refractivity contribution in [2.75, 3.05) is 0 Å². The Hall–Kier alpha value is -2.11. The lowest BCUT2D eigenvalue weighted by Crippen LogP contribution is -1.92. The number of imidazole rings is 1. The number of rotatable bonds is 3. The molecule has 0 bridgehead atoms. The van der Waals surface area contributed by atoms with Crippen LogP contribution in [0.15, 0.2) is 35.7 Å². The number of carboxylic acids is 1. The van der Waals surface area contributed by atoms with Crippen LogP contribution in [0.25, 0.3) is 22.3 Å². The number of benzene rings is 1. The SMILES string of the molecule is Cc1nc2scc(-c3ccc(Cl)cc3)n2c1/C=C/C(=O)O. The van der Waals surface area contributed by atoms with E-state index in [4.69, 9.17) is 16.7 Å². The van der Waals surface area contributed by atoms with Gasteiger partial charge in [-0.05, 0) is 30.7 Å². The standard InChI is InChI=1S/C15H11ClN2O2S/c1-9-12(6-7-14(19)20)18-13(8-21-15(18)17-9)10-2-4-11(16)5-3-10/h2-8H,1H3,(H,19,20)/b7-6+. The van der Waals surface area contributed by atoms with Crippen LogP contribution in [0.4, 0.5) is 0 Å². The molecule has 3 aromatic rings. The molecule has 0 atom stereocenters. The molecule has 0 saturated carbocycles. The molecule has 1 aromatic carbocycles. The molecule has 0 fully saturated rings. The molecule has 1 N–H and O–H groups in total. The second kappa shape index (κ2) is 5.35. The van der Waals surface area contributed by atoms with E-state index < -0.39 is 5.97 Å². The molecular weight excluding hydrogens is 308 g/mol. The number of aromatic nitrogens is 2. The number of aliphatic carboxylic acids is 1. The van der Waals surface area contributed by atoms with E-state index in [0.29, 0.717) is 5.02 Å². The molecule has 3 rings (SSSR count). The van der Waals surface area contributed by atoms with Gasteiger partial charge in [0.05, 0.1) is 17.1 Å². The third-order valence-corrected chi connectivity index (χ3v) is 4.18. The van der Waals surface area contributed by atoms with E-state index in [-0.39, 0.29) is 0 Å². The summed E-state index contributed by atoms with van der Waals surface area (Å²) in [5, 5.41) is 11.5.